The number of aliphatic imine (C=N–C) groups is 1. The predicted octanol–water partition coefficient (Wildman–Crippen LogP) is 2.34. The highest BCUT2D eigenvalue weighted by molar-refractivity contribution is 5.85. The van der Waals surface area contributed by atoms with E-state index < -0.39 is 0 Å². The van der Waals surface area contributed by atoms with Crippen molar-refractivity contribution in [1.82, 2.24) is 4.90 Å². The largest absolute Gasteiger partial charge is 0.304 e. The van der Waals surface area contributed by atoms with E-state index in [1.165, 1.54) is 51.0 Å². The van der Waals surface area contributed by atoms with Crippen LogP contribution in [0.25, 0.3) is 0 Å². The zero-order valence-corrected chi connectivity index (χ0v) is 9.05. The molecule has 1 aliphatic rings. The summed E-state index contributed by atoms with van der Waals surface area (Å²) in [7, 11) is 0. The molecule has 13 heavy (non-hydrogen) atoms. The fraction of sp³-hybridized carbons (Fsp3) is 0.909. The number of rotatable bonds is 5. The van der Waals surface area contributed by atoms with Gasteiger partial charge in [0, 0.05) is 18.8 Å². The maximum Gasteiger partial charge on any atom is 0.0388 e. The zero-order valence-electron chi connectivity index (χ0n) is 9.05. The molecule has 0 aromatic heterocycles. The maximum absolute atomic E-state index is 4.56. The third-order valence-electron chi connectivity index (χ3n) is 2.82. The van der Waals surface area contributed by atoms with E-state index in [9.17, 15) is 0 Å². The Labute approximate surface area is 82.0 Å². The van der Waals surface area contributed by atoms with Crippen molar-refractivity contribution in [1.29, 1.82) is 0 Å². The zero-order chi connectivity index (χ0) is 9.52. The average molecular weight is 182 g/mol. The van der Waals surface area contributed by atoms with Crippen molar-refractivity contribution in [2.75, 3.05) is 26.2 Å². The first-order chi connectivity index (χ1) is 6.36. The van der Waals surface area contributed by atoms with Crippen molar-refractivity contribution in [2.45, 2.75) is 39.5 Å². The second-order valence-corrected chi connectivity index (χ2v) is 3.68. The number of nitrogens with zero attached hydrogens (tertiary/aromatic N) is 2. The molecule has 0 amide bonds. The van der Waals surface area contributed by atoms with E-state index in [-0.39, 0.29) is 0 Å². The molecule has 0 spiro atoms. The van der Waals surface area contributed by atoms with Gasteiger partial charge in [0.15, 0.2) is 0 Å². The van der Waals surface area contributed by atoms with Crippen LogP contribution < -0.4 is 0 Å². The van der Waals surface area contributed by atoms with Crippen LogP contribution in [0, 0.1) is 0 Å². The van der Waals surface area contributed by atoms with E-state index in [1.54, 1.807) is 0 Å². The van der Waals surface area contributed by atoms with E-state index in [0.717, 1.165) is 6.54 Å². The van der Waals surface area contributed by atoms with Gasteiger partial charge in [0.25, 0.3) is 0 Å². The highest BCUT2D eigenvalue weighted by Gasteiger charge is 2.06. The fourth-order valence-corrected chi connectivity index (χ4v) is 1.79. The maximum atomic E-state index is 4.56. The minimum absolute atomic E-state index is 1.08. The van der Waals surface area contributed by atoms with Crippen LogP contribution in [0.2, 0.25) is 0 Å². The Bertz CT molecular complexity index is 159. The Hall–Kier alpha value is -0.370. The van der Waals surface area contributed by atoms with Crippen molar-refractivity contribution in [3.8, 4) is 0 Å². The monoisotopic (exact) mass is 182 g/mol. The molecule has 0 aromatic rings. The van der Waals surface area contributed by atoms with Crippen molar-refractivity contribution in [2.24, 2.45) is 4.99 Å². The molecule has 76 valence electrons. The molecule has 0 N–H and O–H groups in total. The van der Waals surface area contributed by atoms with Crippen molar-refractivity contribution < 1.29 is 0 Å². The Morgan fingerprint density at radius 3 is 2.54 bits per heavy atom. The first-order valence-electron chi connectivity index (χ1n) is 5.61. The summed E-state index contributed by atoms with van der Waals surface area (Å²) in [5.41, 5.74) is 1.46. The van der Waals surface area contributed by atoms with E-state index in [1.807, 2.05) is 0 Å². The minimum atomic E-state index is 1.08. The molecule has 0 saturated heterocycles. The lowest BCUT2D eigenvalue weighted by Crippen LogP contribution is -2.26. The van der Waals surface area contributed by atoms with Gasteiger partial charge in [-0.25, -0.2) is 0 Å². The van der Waals surface area contributed by atoms with Gasteiger partial charge in [0.05, 0.1) is 0 Å². The normalized spacial score (nSPS) is 17.6. The van der Waals surface area contributed by atoms with Crippen molar-refractivity contribution >= 4 is 5.71 Å². The Morgan fingerprint density at radius 1 is 1.23 bits per heavy atom. The van der Waals surface area contributed by atoms with E-state index in [2.05, 4.69) is 23.7 Å². The lowest BCUT2D eigenvalue weighted by molar-refractivity contribution is 0.312. The summed E-state index contributed by atoms with van der Waals surface area (Å²) in [4.78, 5) is 7.03. The van der Waals surface area contributed by atoms with Gasteiger partial charge in [-0.1, -0.05) is 13.8 Å². The number of hydrogen-bond acceptors (Lipinski definition) is 2. The van der Waals surface area contributed by atoms with Crippen LogP contribution in [0.3, 0.4) is 0 Å². The fourth-order valence-electron chi connectivity index (χ4n) is 1.79. The first-order valence-corrected chi connectivity index (χ1v) is 5.61. The lowest BCUT2D eigenvalue weighted by Gasteiger charge is -2.19. The summed E-state index contributed by atoms with van der Waals surface area (Å²) in [6.07, 6.45) is 5.11. The predicted molar refractivity (Wildman–Crippen MR) is 58.6 cm³/mol. The second kappa shape index (κ2) is 6.14. The molecule has 0 unspecified atom stereocenters. The highest BCUT2D eigenvalue weighted by atomic mass is 15.1. The second-order valence-electron chi connectivity index (χ2n) is 3.68. The molecule has 0 aromatic carbocycles. The van der Waals surface area contributed by atoms with Crippen LogP contribution in [-0.2, 0) is 0 Å². The highest BCUT2D eigenvalue weighted by Crippen LogP contribution is 2.08. The lowest BCUT2D eigenvalue weighted by atomic mass is 10.1. The molecule has 1 heterocycles. The average Bonchev–Trinajstić information content (AvgIpc) is 2.21. The summed E-state index contributed by atoms with van der Waals surface area (Å²) >= 11 is 0. The third kappa shape index (κ3) is 3.90. The Morgan fingerprint density at radius 2 is 2.00 bits per heavy atom. The molecule has 0 saturated carbocycles. The van der Waals surface area contributed by atoms with Gasteiger partial charge in [0.1, 0.15) is 0 Å². The van der Waals surface area contributed by atoms with Gasteiger partial charge in [0.2, 0.25) is 0 Å². The van der Waals surface area contributed by atoms with Crippen molar-refractivity contribution in [3.63, 3.8) is 0 Å². The molecule has 1 rings (SSSR count). The Kier molecular flexibility index (Phi) is 5.06. The van der Waals surface area contributed by atoms with Gasteiger partial charge in [-0.3, -0.25) is 4.99 Å². The molecule has 0 fully saturated rings. The van der Waals surface area contributed by atoms with Gasteiger partial charge in [-0.2, -0.15) is 0 Å². The van der Waals surface area contributed by atoms with E-state index >= 15 is 0 Å². The van der Waals surface area contributed by atoms with E-state index in [4.69, 9.17) is 0 Å². The summed E-state index contributed by atoms with van der Waals surface area (Å²) in [5.74, 6) is 0. The van der Waals surface area contributed by atoms with Crippen LogP contribution in [-0.4, -0.2) is 36.8 Å². The minimum Gasteiger partial charge on any atom is -0.304 e. The SMILES string of the molecule is CCN(CC)CCC1=NCCCC1. The van der Waals surface area contributed by atoms with Gasteiger partial charge in [-0.05, 0) is 38.8 Å². The standard InChI is InChI=1S/C11H22N2/c1-3-13(4-2)10-8-11-7-5-6-9-12-11/h3-10H2,1-2H3. The van der Waals surface area contributed by atoms with Gasteiger partial charge >= 0.3 is 0 Å². The van der Waals surface area contributed by atoms with Crippen LogP contribution in [0.1, 0.15) is 39.5 Å². The van der Waals surface area contributed by atoms with Crippen LogP contribution in [0.5, 0.6) is 0 Å². The Balaban J connectivity index is 2.20. The molecule has 1 aliphatic heterocycles. The van der Waals surface area contributed by atoms with Gasteiger partial charge in [-0.15, -0.1) is 0 Å². The first kappa shape index (κ1) is 10.7. The third-order valence-corrected chi connectivity index (χ3v) is 2.82. The summed E-state index contributed by atoms with van der Waals surface area (Å²) in [6.45, 7) is 9.07. The van der Waals surface area contributed by atoms with Crippen LogP contribution >= 0.6 is 0 Å². The molecular weight excluding hydrogens is 160 g/mol. The topological polar surface area (TPSA) is 15.6 Å². The van der Waals surface area contributed by atoms with E-state index in [0.29, 0.717) is 0 Å². The summed E-state index contributed by atoms with van der Waals surface area (Å²) in [6, 6.07) is 0. The van der Waals surface area contributed by atoms with Crippen LogP contribution in [0.4, 0.5) is 0 Å². The smallest absolute Gasteiger partial charge is 0.0388 e. The quantitative estimate of drug-likeness (QED) is 0.637. The van der Waals surface area contributed by atoms with Crippen molar-refractivity contribution in [3.05, 3.63) is 0 Å². The summed E-state index contributed by atoms with van der Waals surface area (Å²) in [5, 5.41) is 0. The summed E-state index contributed by atoms with van der Waals surface area (Å²) < 4.78 is 0. The molecule has 2 heteroatoms. The van der Waals surface area contributed by atoms with Gasteiger partial charge < -0.3 is 4.90 Å². The molecule has 0 radical (unpaired) electrons. The molecule has 2 nitrogen and oxygen atoms in total. The molecule has 0 aliphatic carbocycles. The van der Waals surface area contributed by atoms with Crippen LogP contribution in [0.15, 0.2) is 4.99 Å². The molecule has 0 atom stereocenters. The molecular formula is C11H22N2. The number of hydrogen-bond donors (Lipinski definition) is 0. The molecule has 0 bridgehead atoms.